The van der Waals surface area contributed by atoms with Crippen LogP contribution in [-0.4, -0.2) is 29.7 Å². The zero-order valence-electron chi connectivity index (χ0n) is 11.5. The van der Waals surface area contributed by atoms with Gasteiger partial charge in [-0.05, 0) is 59.0 Å². The van der Waals surface area contributed by atoms with Crippen LogP contribution in [0.5, 0.6) is 0 Å². The average molecular weight is 239 g/mol. The van der Waals surface area contributed by atoms with Crippen LogP contribution >= 0.6 is 0 Å². The van der Waals surface area contributed by atoms with Crippen molar-refractivity contribution >= 4 is 6.09 Å². The van der Waals surface area contributed by atoms with E-state index in [2.05, 4.69) is 6.08 Å². The van der Waals surface area contributed by atoms with Crippen molar-refractivity contribution in [1.29, 1.82) is 0 Å². The van der Waals surface area contributed by atoms with E-state index >= 15 is 0 Å². The van der Waals surface area contributed by atoms with E-state index in [0.717, 1.165) is 12.8 Å². The van der Waals surface area contributed by atoms with Gasteiger partial charge in [0.1, 0.15) is 6.61 Å². The lowest BCUT2D eigenvalue weighted by Gasteiger charge is -2.30. The van der Waals surface area contributed by atoms with Crippen LogP contribution in [0.15, 0.2) is 11.6 Å². The summed E-state index contributed by atoms with van der Waals surface area (Å²) in [4.78, 5) is 13.7. The molecule has 17 heavy (non-hydrogen) atoms. The fraction of sp³-hybridized carbons (Fsp3) is 0.786. The summed E-state index contributed by atoms with van der Waals surface area (Å²) in [6.07, 6.45) is 6.72. The Morgan fingerprint density at radius 2 is 1.94 bits per heavy atom. The normalized spacial score (nSPS) is 16.0. The molecular formula is C14H25NO2. The van der Waals surface area contributed by atoms with Gasteiger partial charge in [0.15, 0.2) is 0 Å². The smallest absolute Gasteiger partial charge is 0.410 e. The van der Waals surface area contributed by atoms with Crippen molar-refractivity contribution in [3.8, 4) is 0 Å². The minimum atomic E-state index is -0.193. The number of hydrogen-bond donors (Lipinski definition) is 0. The highest BCUT2D eigenvalue weighted by molar-refractivity contribution is 5.68. The number of ether oxygens (including phenoxy) is 1. The molecular weight excluding hydrogens is 214 g/mol. The molecule has 3 nitrogen and oxygen atoms in total. The Labute approximate surface area is 105 Å². The average Bonchev–Trinajstić information content (AvgIpc) is 2.27. The number of nitrogens with zero attached hydrogens (tertiary/aromatic N) is 1. The number of carbonyl (C=O) groups is 1. The second kappa shape index (κ2) is 6.67. The summed E-state index contributed by atoms with van der Waals surface area (Å²) in [5.74, 6) is 0. The maximum Gasteiger partial charge on any atom is 0.410 e. The predicted molar refractivity (Wildman–Crippen MR) is 70.0 cm³/mol. The van der Waals surface area contributed by atoms with E-state index in [4.69, 9.17) is 4.74 Å². The van der Waals surface area contributed by atoms with Gasteiger partial charge in [-0.25, -0.2) is 4.79 Å². The molecule has 0 bridgehead atoms. The minimum Gasteiger partial charge on any atom is -0.445 e. The molecule has 0 saturated carbocycles. The molecule has 0 saturated heterocycles. The molecule has 0 atom stereocenters. The first kappa shape index (κ1) is 14.1. The quantitative estimate of drug-likeness (QED) is 0.699. The zero-order chi connectivity index (χ0) is 12.8. The summed E-state index contributed by atoms with van der Waals surface area (Å²) >= 11 is 0. The summed E-state index contributed by atoms with van der Waals surface area (Å²) in [5, 5.41) is 0. The number of hydrogen-bond acceptors (Lipinski definition) is 2. The Morgan fingerprint density at radius 3 is 2.41 bits per heavy atom. The van der Waals surface area contributed by atoms with Crippen LogP contribution in [0.4, 0.5) is 4.79 Å². The molecule has 1 rings (SSSR count). The van der Waals surface area contributed by atoms with Crippen molar-refractivity contribution in [3.05, 3.63) is 11.6 Å². The van der Waals surface area contributed by atoms with Crippen LogP contribution in [0.2, 0.25) is 0 Å². The number of rotatable bonds is 4. The summed E-state index contributed by atoms with van der Waals surface area (Å²) in [5.41, 5.74) is 1.28. The Bertz CT molecular complexity index is 274. The van der Waals surface area contributed by atoms with Crippen LogP contribution in [0.25, 0.3) is 0 Å². The maximum atomic E-state index is 11.9. The molecule has 0 aliphatic heterocycles. The van der Waals surface area contributed by atoms with Gasteiger partial charge in [0.05, 0.1) is 0 Å². The number of allylic oxidation sites excluding steroid dienone is 1. The highest BCUT2D eigenvalue weighted by Gasteiger charge is 2.21. The van der Waals surface area contributed by atoms with Gasteiger partial charge in [0.2, 0.25) is 0 Å². The molecule has 1 aliphatic carbocycles. The van der Waals surface area contributed by atoms with Gasteiger partial charge < -0.3 is 9.64 Å². The summed E-state index contributed by atoms with van der Waals surface area (Å²) < 4.78 is 5.38. The van der Waals surface area contributed by atoms with Gasteiger partial charge in [-0.1, -0.05) is 6.08 Å². The lowest BCUT2D eigenvalue weighted by molar-refractivity contribution is 0.0850. The van der Waals surface area contributed by atoms with Crippen molar-refractivity contribution in [2.45, 2.75) is 65.5 Å². The summed E-state index contributed by atoms with van der Waals surface area (Å²) in [7, 11) is 0. The van der Waals surface area contributed by atoms with E-state index in [9.17, 15) is 4.79 Å². The van der Waals surface area contributed by atoms with E-state index in [1.165, 1.54) is 18.4 Å². The Morgan fingerprint density at radius 1 is 1.29 bits per heavy atom. The molecule has 0 radical (unpaired) electrons. The van der Waals surface area contributed by atoms with E-state index in [1.807, 2.05) is 27.7 Å². The fourth-order valence-electron chi connectivity index (χ4n) is 2.28. The molecule has 0 unspecified atom stereocenters. The fourth-order valence-corrected chi connectivity index (χ4v) is 2.28. The highest BCUT2D eigenvalue weighted by atomic mass is 16.6. The van der Waals surface area contributed by atoms with Gasteiger partial charge in [-0.3, -0.25) is 0 Å². The van der Waals surface area contributed by atoms with Gasteiger partial charge >= 0.3 is 6.09 Å². The second-order valence-electron chi connectivity index (χ2n) is 5.26. The third-order valence-corrected chi connectivity index (χ3v) is 3.09. The van der Waals surface area contributed by atoms with Crippen molar-refractivity contribution < 1.29 is 9.53 Å². The first-order valence-corrected chi connectivity index (χ1v) is 6.65. The summed E-state index contributed by atoms with van der Waals surface area (Å²) in [6.45, 7) is 8.53. The van der Waals surface area contributed by atoms with Gasteiger partial charge in [-0.2, -0.15) is 0 Å². The van der Waals surface area contributed by atoms with E-state index < -0.39 is 0 Å². The number of amides is 1. The monoisotopic (exact) mass is 239 g/mol. The zero-order valence-corrected chi connectivity index (χ0v) is 11.5. The lowest BCUT2D eigenvalue weighted by atomic mass is 10.0. The molecule has 3 heteroatoms. The van der Waals surface area contributed by atoms with Crippen LogP contribution < -0.4 is 0 Å². The standard InChI is InChI=1S/C14H25NO2/c1-11(2)15(12(3)4)14(16)17-10-13-8-6-5-7-9-13/h8,11-12H,5-7,9-10H2,1-4H3. The topological polar surface area (TPSA) is 29.5 Å². The predicted octanol–water partition coefficient (Wildman–Crippen LogP) is 3.74. The summed E-state index contributed by atoms with van der Waals surface area (Å²) in [6, 6.07) is 0.366. The van der Waals surface area contributed by atoms with E-state index in [1.54, 1.807) is 4.90 Å². The maximum absolute atomic E-state index is 11.9. The molecule has 0 aromatic heterocycles. The van der Waals surface area contributed by atoms with Crippen LogP contribution in [0.3, 0.4) is 0 Å². The van der Waals surface area contributed by atoms with Gasteiger partial charge in [0, 0.05) is 12.1 Å². The van der Waals surface area contributed by atoms with Crippen molar-refractivity contribution in [1.82, 2.24) is 4.90 Å². The third-order valence-electron chi connectivity index (χ3n) is 3.09. The SMILES string of the molecule is CC(C)N(C(=O)OCC1=CCCCC1)C(C)C. The van der Waals surface area contributed by atoms with E-state index in [-0.39, 0.29) is 18.2 Å². The van der Waals surface area contributed by atoms with Gasteiger partial charge in [0.25, 0.3) is 0 Å². The second-order valence-corrected chi connectivity index (χ2v) is 5.26. The van der Waals surface area contributed by atoms with Crippen LogP contribution in [-0.2, 0) is 4.74 Å². The highest BCUT2D eigenvalue weighted by Crippen LogP contribution is 2.18. The molecule has 0 spiro atoms. The lowest BCUT2D eigenvalue weighted by Crippen LogP contribution is -2.42. The molecule has 98 valence electrons. The van der Waals surface area contributed by atoms with Crippen LogP contribution in [0.1, 0.15) is 53.4 Å². The van der Waals surface area contributed by atoms with Gasteiger partial charge in [-0.15, -0.1) is 0 Å². The Hall–Kier alpha value is -0.990. The third kappa shape index (κ3) is 4.41. The molecule has 0 heterocycles. The van der Waals surface area contributed by atoms with Crippen molar-refractivity contribution in [2.75, 3.05) is 6.61 Å². The molecule has 0 aromatic rings. The molecule has 0 N–H and O–H groups in total. The molecule has 1 amide bonds. The Balaban J connectivity index is 2.44. The van der Waals surface area contributed by atoms with Crippen molar-refractivity contribution in [3.63, 3.8) is 0 Å². The largest absolute Gasteiger partial charge is 0.445 e. The molecule has 0 fully saturated rings. The Kier molecular flexibility index (Phi) is 5.52. The van der Waals surface area contributed by atoms with Crippen LogP contribution in [0, 0.1) is 0 Å². The minimum absolute atomic E-state index is 0.183. The number of carbonyl (C=O) groups excluding carboxylic acids is 1. The van der Waals surface area contributed by atoms with E-state index in [0.29, 0.717) is 6.61 Å². The molecule has 0 aromatic carbocycles. The molecule has 1 aliphatic rings. The van der Waals surface area contributed by atoms with Crippen molar-refractivity contribution in [2.24, 2.45) is 0 Å². The first-order chi connectivity index (χ1) is 8.02. The first-order valence-electron chi connectivity index (χ1n) is 6.65.